The molecule has 4 nitrogen and oxygen atoms in total. The molecule has 0 aromatic rings. The van der Waals surface area contributed by atoms with E-state index in [1.165, 1.54) is 7.11 Å². The maximum atomic E-state index is 13.0. The Morgan fingerprint density at radius 3 is 2.77 bits per heavy atom. The van der Waals surface area contributed by atoms with Gasteiger partial charge in [-0.25, -0.2) is 8.78 Å². The van der Waals surface area contributed by atoms with Crippen LogP contribution in [-0.2, 0) is 9.53 Å². The van der Waals surface area contributed by atoms with E-state index in [2.05, 4.69) is 4.74 Å². The zero-order valence-corrected chi connectivity index (χ0v) is 7.17. The van der Waals surface area contributed by atoms with Gasteiger partial charge in [0.05, 0.1) is 13.1 Å². The minimum Gasteiger partial charge on any atom is -0.387 e. The number of halogens is 2. The van der Waals surface area contributed by atoms with E-state index in [-0.39, 0.29) is 6.54 Å². The first kappa shape index (κ1) is 10.3. The van der Waals surface area contributed by atoms with E-state index in [9.17, 15) is 13.6 Å². The summed E-state index contributed by atoms with van der Waals surface area (Å²) in [6, 6.07) is 0. The van der Waals surface area contributed by atoms with Crippen molar-refractivity contribution in [3.63, 3.8) is 0 Å². The average molecular weight is 195 g/mol. The largest absolute Gasteiger partial charge is 0.387 e. The molecular weight excluding hydrogens is 184 g/mol. The molecule has 76 valence electrons. The average Bonchev–Trinajstić information content (AvgIpc) is 2.39. The van der Waals surface area contributed by atoms with Gasteiger partial charge in [0.25, 0.3) is 5.92 Å². The lowest BCUT2D eigenvalue weighted by Crippen LogP contribution is -2.33. The summed E-state index contributed by atoms with van der Waals surface area (Å²) in [5.41, 5.74) is 0. The van der Waals surface area contributed by atoms with Gasteiger partial charge >= 0.3 is 0 Å². The molecule has 6 heteroatoms. The number of carbonyl (C=O) groups excluding carboxylic acids is 1. The summed E-state index contributed by atoms with van der Waals surface area (Å²) >= 11 is 0. The van der Waals surface area contributed by atoms with Gasteiger partial charge in [-0.05, 0) is 0 Å². The second kappa shape index (κ2) is 3.55. The molecule has 1 aliphatic heterocycles. The van der Waals surface area contributed by atoms with Gasteiger partial charge in [0.2, 0.25) is 5.91 Å². The summed E-state index contributed by atoms with van der Waals surface area (Å²) in [6.07, 6.45) is -1.26. The van der Waals surface area contributed by atoms with Gasteiger partial charge in [-0.1, -0.05) is 0 Å². The van der Waals surface area contributed by atoms with Crippen LogP contribution in [0.4, 0.5) is 8.78 Å². The molecule has 1 atom stereocenters. The number of likely N-dealkylation sites (tertiary alicyclic amines) is 1. The van der Waals surface area contributed by atoms with Crippen LogP contribution in [0.5, 0.6) is 0 Å². The van der Waals surface area contributed by atoms with Gasteiger partial charge in [0.15, 0.2) is 0 Å². The van der Waals surface area contributed by atoms with Crippen LogP contribution in [0.15, 0.2) is 0 Å². The quantitative estimate of drug-likeness (QED) is 0.644. The SMILES string of the molecule is CO[C@H]1CN(C(=O)CO)CC1(F)F. The van der Waals surface area contributed by atoms with Crippen LogP contribution in [0, 0.1) is 0 Å². The molecule has 1 rings (SSSR count). The van der Waals surface area contributed by atoms with E-state index in [1.807, 2.05) is 0 Å². The number of rotatable bonds is 2. The van der Waals surface area contributed by atoms with E-state index in [4.69, 9.17) is 5.11 Å². The zero-order valence-electron chi connectivity index (χ0n) is 7.17. The third kappa shape index (κ3) is 1.94. The van der Waals surface area contributed by atoms with Gasteiger partial charge in [0, 0.05) is 7.11 Å². The summed E-state index contributed by atoms with van der Waals surface area (Å²) in [5.74, 6) is -3.71. The summed E-state index contributed by atoms with van der Waals surface area (Å²) in [4.78, 5) is 11.7. The predicted molar refractivity (Wildman–Crippen MR) is 39.4 cm³/mol. The third-order valence-corrected chi connectivity index (χ3v) is 2.03. The molecule has 13 heavy (non-hydrogen) atoms. The number of methoxy groups -OCH3 is 1. The molecular formula is C7H11F2NO3. The standard InChI is InChI=1S/C7H11F2NO3/c1-13-5-2-10(6(12)3-11)4-7(5,8)9/h5,11H,2-4H2,1H3/t5-/m0/s1. The lowest BCUT2D eigenvalue weighted by Gasteiger charge is -2.14. The summed E-state index contributed by atoms with van der Waals surface area (Å²) in [5, 5.41) is 8.45. The number of aliphatic hydroxyl groups is 1. The number of ether oxygens (including phenoxy) is 1. The Kier molecular flexibility index (Phi) is 2.82. The Hall–Kier alpha value is -0.750. The molecule has 0 radical (unpaired) electrons. The fourth-order valence-electron chi connectivity index (χ4n) is 1.29. The van der Waals surface area contributed by atoms with Crippen molar-refractivity contribution in [2.45, 2.75) is 12.0 Å². The Morgan fingerprint density at radius 1 is 1.77 bits per heavy atom. The third-order valence-electron chi connectivity index (χ3n) is 2.03. The van der Waals surface area contributed by atoms with Gasteiger partial charge in [-0.2, -0.15) is 0 Å². The minimum absolute atomic E-state index is 0.164. The van der Waals surface area contributed by atoms with Crippen LogP contribution >= 0.6 is 0 Å². The normalized spacial score (nSPS) is 26.5. The maximum Gasteiger partial charge on any atom is 0.292 e. The fourth-order valence-corrected chi connectivity index (χ4v) is 1.29. The first-order chi connectivity index (χ1) is 6.01. The van der Waals surface area contributed by atoms with E-state index in [1.54, 1.807) is 0 Å². The molecule has 1 amide bonds. The lowest BCUT2D eigenvalue weighted by molar-refractivity contribution is -0.134. The molecule has 1 saturated heterocycles. The Balaban J connectivity index is 2.64. The lowest BCUT2D eigenvalue weighted by atomic mass is 10.2. The molecule has 0 saturated carbocycles. The highest BCUT2D eigenvalue weighted by Gasteiger charge is 2.49. The Bertz CT molecular complexity index is 210. The second-order valence-electron chi connectivity index (χ2n) is 2.92. The van der Waals surface area contributed by atoms with Crippen LogP contribution in [0.1, 0.15) is 0 Å². The van der Waals surface area contributed by atoms with Crippen molar-refractivity contribution in [1.29, 1.82) is 0 Å². The van der Waals surface area contributed by atoms with Crippen molar-refractivity contribution in [2.24, 2.45) is 0 Å². The van der Waals surface area contributed by atoms with Crippen molar-refractivity contribution >= 4 is 5.91 Å². The first-order valence-corrected chi connectivity index (χ1v) is 3.80. The smallest absolute Gasteiger partial charge is 0.292 e. The number of amides is 1. The van der Waals surface area contributed by atoms with Crippen molar-refractivity contribution < 1.29 is 23.4 Å². The maximum absolute atomic E-state index is 13.0. The van der Waals surface area contributed by atoms with Crippen LogP contribution in [0.25, 0.3) is 0 Å². The summed E-state index contributed by atoms with van der Waals surface area (Å²) in [6.45, 7) is -1.58. The Labute approximate surface area is 74.1 Å². The second-order valence-corrected chi connectivity index (χ2v) is 2.92. The highest BCUT2D eigenvalue weighted by atomic mass is 19.3. The van der Waals surface area contributed by atoms with E-state index >= 15 is 0 Å². The molecule has 1 fully saturated rings. The van der Waals surface area contributed by atoms with Crippen LogP contribution in [0.2, 0.25) is 0 Å². The number of alkyl halides is 2. The summed E-state index contributed by atoms with van der Waals surface area (Å²) in [7, 11) is 1.17. The summed E-state index contributed by atoms with van der Waals surface area (Å²) < 4.78 is 30.4. The molecule has 0 unspecified atom stereocenters. The topological polar surface area (TPSA) is 49.8 Å². The first-order valence-electron chi connectivity index (χ1n) is 3.80. The predicted octanol–water partition coefficient (Wildman–Crippen LogP) is -0.529. The number of hydrogen-bond donors (Lipinski definition) is 1. The molecule has 1 N–H and O–H groups in total. The number of nitrogens with zero attached hydrogens (tertiary/aromatic N) is 1. The van der Waals surface area contributed by atoms with E-state index in [0.717, 1.165) is 4.90 Å². The monoisotopic (exact) mass is 195 g/mol. The molecule has 0 spiro atoms. The minimum atomic E-state index is -3.01. The molecule has 1 aliphatic rings. The van der Waals surface area contributed by atoms with E-state index in [0.29, 0.717) is 0 Å². The van der Waals surface area contributed by atoms with Gasteiger partial charge < -0.3 is 14.7 Å². The highest BCUT2D eigenvalue weighted by molar-refractivity contribution is 5.77. The zero-order chi connectivity index (χ0) is 10.1. The number of hydrogen-bond acceptors (Lipinski definition) is 3. The number of carbonyl (C=O) groups is 1. The fraction of sp³-hybridized carbons (Fsp3) is 0.857. The molecule has 0 aromatic heterocycles. The molecule has 0 aromatic carbocycles. The van der Waals surface area contributed by atoms with E-state index < -0.39 is 31.1 Å². The van der Waals surface area contributed by atoms with Crippen molar-refractivity contribution in [1.82, 2.24) is 4.90 Å². The van der Waals surface area contributed by atoms with Crippen molar-refractivity contribution in [3.8, 4) is 0 Å². The van der Waals surface area contributed by atoms with Gasteiger partial charge in [-0.3, -0.25) is 4.79 Å². The molecule has 0 aliphatic carbocycles. The Morgan fingerprint density at radius 2 is 2.38 bits per heavy atom. The van der Waals surface area contributed by atoms with Crippen molar-refractivity contribution in [2.75, 3.05) is 26.8 Å². The highest BCUT2D eigenvalue weighted by Crippen LogP contribution is 2.29. The van der Waals surface area contributed by atoms with Gasteiger partial charge in [-0.15, -0.1) is 0 Å². The molecule has 1 heterocycles. The van der Waals surface area contributed by atoms with Gasteiger partial charge in [0.1, 0.15) is 12.7 Å². The number of aliphatic hydroxyl groups excluding tert-OH is 1. The van der Waals surface area contributed by atoms with Crippen LogP contribution in [0.3, 0.4) is 0 Å². The van der Waals surface area contributed by atoms with Crippen LogP contribution < -0.4 is 0 Å². The van der Waals surface area contributed by atoms with Crippen molar-refractivity contribution in [3.05, 3.63) is 0 Å². The molecule has 0 bridgehead atoms. The van der Waals surface area contributed by atoms with Crippen LogP contribution in [-0.4, -0.2) is 54.7 Å².